The summed E-state index contributed by atoms with van der Waals surface area (Å²) >= 11 is 0. The Labute approximate surface area is 193 Å². The SMILES string of the molecule is CC[C@]12CCC(=O)N3CC[C@]4(C(=CC1=O)N(S(=O)(=O)c1ccc(C)cc1)c1ccccc14)[C@@H]32. The Kier molecular flexibility index (Phi) is 4.11. The Morgan fingerprint density at radius 2 is 1.76 bits per heavy atom. The fourth-order valence-electron chi connectivity index (χ4n) is 6.84. The number of fused-ring (bicyclic) bond motifs is 1. The van der Waals surface area contributed by atoms with E-state index in [-0.39, 0.29) is 22.6 Å². The highest BCUT2D eigenvalue weighted by atomic mass is 32.2. The van der Waals surface area contributed by atoms with Gasteiger partial charge in [-0.15, -0.1) is 0 Å². The van der Waals surface area contributed by atoms with E-state index in [0.29, 0.717) is 43.6 Å². The standard InChI is InChI=1S/C26H26N2O4S/c1-3-25-13-12-23(30)27-15-14-26(24(25)27)19-6-4-5-7-20(19)28(21(26)16-22(25)29)33(31,32)18-10-8-17(2)9-11-18/h4-11,16,24H,3,12-15H2,1-2H3/t24-,25-,26-/m0/s1. The van der Waals surface area contributed by atoms with Gasteiger partial charge in [0.2, 0.25) is 5.91 Å². The normalized spacial score (nSPS) is 30.1. The number of carbonyl (C=O) groups excluding carboxylic acids is 2. The van der Waals surface area contributed by atoms with Crippen LogP contribution in [0.5, 0.6) is 0 Å². The fraction of sp³-hybridized carbons (Fsp3) is 0.385. The molecule has 6 nitrogen and oxygen atoms in total. The van der Waals surface area contributed by atoms with E-state index in [1.54, 1.807) is 30.3 Å². The van der Waals surface area contributed by atoms with Crippen molar-refractivity contribution in [2.24, 2.45) is 5.41 Å². The topological polar surface area (TPSA) is 74.8 Å². The lowest BCUT2D eigenvalue weighted by molar-refractivity contribution is -0.148. The molecule has 3 atom stereocenters. The van der Waals surface area contributed by atoms with Gasteiger partial charge in [0.05, 0.1) is 33.2 Å². The average molecular weight is 463 g/mol. The van der Waals surface area contributed by atoms with Crippen LogP contribution in [-0.2, 0) is 25.0 Å². The highest BCUT2D eigenvalue weighted by molar-refractivity contribution is 7.93. The molecule has 1 spiro atoms. The minimum absolute atomic E-state index is 0.0584. The van der Waals surface area contributed by atoms with Crippen molar-refractivity contribution in [3.05, 3.63) is 71.4 Å². The Balaban J connectivity index is 1.65. The molecule has 2 aromatic carbocycles. The zero-order valence-electron chi connectivity index (χ0n) is 18.7. The highest BCUT2D eigenvalue weighted by Gasteiger charge is 2.70. The first kappa shape index (κ1) is 20.7. The van der Waals surface area contributed by atoms with Crippen LogP contribution in [0.15, 0.2) is 65.2 Å². The van der Waals surface area contributed by atoms with E-state index in [1.807, 2.05) is 43.0 Å². The predicted octanol–water partition coefficient (Wildman–Crippen LogP) is 3.70. The monoisotopic (exact) mass is 462 g/mol. The van der Waals surface area contributed by atoms with Gasteiger partial charge in [-0.05, 0) is 49.9 Å². The second-order valence-corrected chi connectivity index (χ2v) is 11.5. The van der Waals surface area contributed by atoms with Gasteiger partial charge in [0, 0.05) is 19.0 Å². The summed E-state index contributed by atoms with van der Waals surface area (Å²) in [6.07, 6.45) is 3.70. The zero-order valence-corrected chi connectivity index (χ0v) is 19.6. The molecule has 3 heterocycles. The maximum Gasteiger partial charge on any atom is 0.268 e. The molecule has 1 aliphatic carbocycles. The summed E-state index contributed by atoms with van der Waals surface area (Å²) in [5.41, 5.74) is 1.59. The van der Waals surface area contributed by atoms with E-state index < -0.39 is 20.9 Å². The number of rotatable bonds is 3. The number of allylic oxidation sites excluding steroid dienone is 1. The maximum absolute atomic E-state index is 14.0. The molecule has 7 heteroatoms. The first-order valence-corrected chi connectivity index (χ1v) is 13.0. The third-order valence-electron chi connectivity index (χ3n) is 8.38. The zero-order chi connectivity index (χ0) is 23.2. The predicted molar refractivity (Wildman–Crippen MR) is 124 cm³/mol. The van der Waals surface area contributed by atoms with Crippen LogP contribution in [0, 0.1) is 12.3 Å². The van der Waals surface area contributed by atoms with E-state index in [1.165, 1.54) is 4.31 Å². The molecule has 0 N–H and O–H groups in total. The van der Waals surface area contributed by atoms with Crippen LogP contribution in [0.25, 0.3) is 0 Å². The molecule has 1 amide bonds. The van der Waals surface area contributed by atoms with E-state index in [2.05, 4.69) is 0 Å². The van der Waals surface area contributed by atoms with Crippen LogP contribution in [0.1, 0.15) is 43.7 Å². The Hall–Kier alpha value is -2.93. The first-order chi connectivity index (χ1) is 15.8. The molecular formula is C26H26N2O4S. The van der Waals surface area contributed by atoms with Crippen LogP contribution in [0.2, 0.25) is 0 Å². The van der Waals surface area contributed by atoms with Gasteiger partial charge >= 0.3 is 0 Å². The molecule has 0 saturated carbocycles. The number of carbonyl (C=O) groups is 2. The number of nitrogens with zero attached hydrogens (tertiary/aromatic N) is 2. The molecule has 2 aromatic rings. The van der Waals surface area contributed by atoms with E-state index in [4.69, 9.17) is 0 Å². The van der Waals surface area contributed by atoms with Gasteiger partial charge in [0.25, 0.3) is 10.0 Å². The third kappa shape index (κ3) is 2.36. The summed E-state index contributed by atoms with van der Waals surface area (Å²) in [6.45, 7) is 4.46. The number of benzene rings is 2. The number of hydrogen-bond acceptors (Lipinski definition) is 4. The van der Waals surface area contributed by atoms with Gasteiger partial charge in [-0.25, -0.2) is 12.7 Å². The van der Waals surface area contributed by atoms with Crippen LogP contribution in [0.3, 0.4) is 0 Å². The smallest absolute Gasteiger partial charge is 0.268 e. The van der Waals surface area contributed by atoms with Gasteiger partial charge in [-0.2, -0.15) is 0 Å². The molecule has 2 fully saturated rings. The van der Waals surface area contributed by atoms with Gasteiger partial charge in [0.1, 0.15) is 0 Å². The number of aryl methyl sites for hydroxylation is 1. The van der Waals surface area contributed by atoms with E-state index in [0.717, 1.165) is 11.1 Å². The third-order valence-corrected chi connectivity index (χ3v) is 10.1. The van der Waals surface area contributed by atoms with Gasteiger partial charge in [-0.3, -0.25) is 9.59 Å². The fourth-order valence-corrected chi connectivity index (χ4v) is 8.42. The highest BCUT2D eigenvalue weighted by Crippen LogP contribution is 2.65. The lowest BCUT2D eigenvalue weighted by Crippen LogP contribution is -2.63. The summed E-state index contributed by atoms with van der Waals surface area (Å²) < 4.78 is 29.4. The molecule has 0 unspecified atom stereocenters. The van der Waals surface area contributed by atoms with Crippen molar-refractivity contribution < 1.29 is 18.0 Å². The summed E-state index contributed by atoms with van der Waals surface area (Å²) in [7, 11) is -3.96. The van der Waals surface area contributed by atoms with Gasteiger partial charge < -0.3 is 4.90 Å². The van der Waals surface area contributed by atoms with Crippen molar-refractivity contribution >= 4 is 27.4 Å². The molecule has 0 aromatic heterocycles. The summed E-state index contributed by atoms with van der Waals surface area (Å²) in [4.78, 5) is 28.7. The van der Waals surface area contributed by atoms with Crippen molar-refractivity contribution in [2.45, 2.75) is 55.9 Å². The maximum atomic E-state index is 14.0. The number of hydrogen-bond donors (Lipinski definition) is 0. The molecule has 2 saturated heterocycles. The number of ketones is 1. The summed E-state index contributed by atoms with van der Waals surface area (Å²) in [5, 5.41) is 0. The molecule has 33 heavy (non-hydrogen) atoms. The number of sulfonamides is 1. The first-order valence-electron chi connectivity index (χ1n) is 11.5. The molecular weight excluding hydrogens is 436 g/mol. The lowest BCUT2D eigenvalue weighted by atomic mass is 9.55. The quantitative estimate of drug-likeness (QED) is 0.697. The van der Waals surface area contributed by atoms with Crippen LogP contribution >= 0.6 is 0 Å². The lowest BCUT2D eigenvalue weighted by Gasteiger charge is -2.53. The van der Waals surface area contributed by atoms with Crippen LogP contribution in [-0.4, -0.2) is 37.6 Å². The molecule has 0 bridgehead atoms. The Morgan fingerprint density at radius 1 is 1.03 bits per heavy atom. The number of amides is 1. The molecule has 3 aliphatic heterocycles. The van der Waals surface area contributed by atoms with Gasteiger partial charge in [0.15, 0.2) is 5.78 Å². The second kappa shape index (κ2) is 6.56. The van der Waals surface area contributed by atoms with Gasteiger partial charge in [-0.1, -0.05) is 42.8 Å². The average Bonchev–Trinajstić information content (AvgIpc) is 3.35. The van der Waals surface area contributed by atoms with Crippen molar-refractivity contribution in [2.75, 3.05) is 10.8 Å². The van der Waals surface area contributed by atoms with Crippen LogP contribution < -0.4 is 4.31 Å². The van der Waals surface area contributed by atoms with Crippen molar-refractivity contribution in [3.8, 4) is 0 Å². The van der Waals surface area contributed by atoms with E-state index >= 15 is 0 Å². The number of para-hydroxylation sites is 1. The molecule has 170 valence electrons. The minimum atomic E-state index is -3.96. The largest absolute Gasteiger partial charge is 0.337 e. The number of piperidine rings is 1. The molecule has 4 aliphatic rings. The summed E-state index contributed by atoms with van der Waals surface area (Å²) in [5.74, 6) is 0.00394. The van der Waals surface area contributed by atoms with Crippen molar-refractivity contribution in [1.29, 1.82) is 0 Å². The number of anilines is 1. The van der Waals surface area contributed by atoms with Crippen molar-refractivity contribution in [3.63, 3.8) is 0 Å². The Morgan fingerprint density at radius 3 is 2.48 bits per heavy atom. The minimum Gasteiger partial charge on any atom is -0.337 e. The summed E-state index contributed by atoms with van der Waals surface area (Å²) in [6, 6.07) is 14.0. The molecule has 6 rings (SSSR count). The van der Waals surface area contributed by atoms with E-state index in [9.17, 15) is 18.0 Å². The van der Waals surface area contributed by atoms with Crippen LogP contribution in [0.4, 0.5) is 5.69 Å². The Bertz CT molecular complexity index is 1350. The second-order valence-electron chi connectivity index (χ2n) is 9.71. The molecule has 0 radical (unpaired) electrons. The van der Waals surface area contributed by atoms with Crippen molar-refractivity contribution in [1.82, 2.24) is 4.90 Å².